The Morgan fingerprint density at radius 2 is 1.72 bits per heavy atom. The number of H-pyrrole nitrogens is 1. The Bertz CT molecular complexity index is 1200. The number of halogens is 2. The first-order valence-corrected chi connectivity index (χ1v) is 7.17. The molecule has 1 heterocycles. The number of nitrogens with zero attached hydrogens (tertiary/aromatic N) is 1. The summed E-state index contributed by atoms with van der Waals surface area (Å²) in [6.07, 6.45) is 0. The lowest BCUT2D eigenvalue weighted by Crippen LogP contribution is -2.34. The average molecular weight is 348 g/mol. The third-order valence-corrected chi connectivity index (χ3v) is 3.36. The molecule has 0 radical (unpaired) electrons. The second kappa shape index (κ2) is 6.72. The minimum Gasteiger partial charge on any atom is -0.365 e. The van der Waals surface area contributed by atoms with E-state index in [1.54, 1.807) is 0 Å². The molecule has 0 amide bonds. The Morgan fingerprint density at radius 1 is 1.08 bits per heavy atom. The Kier molecular flexibility index (Phi) is 3.05. The average Bonchev–Trinajstić information content (AvgIpc) is 2.63. The van der Waals surface area contributed by atoms with Crippen LogP contribution in [0.4, 0.5) is 14.6 Å². The second-order valence-electron chi connectivity index (χ2n) is 5.19. The molecule has 0 bridgehead atoms. The van der Waals surface area contributed by atoms with Crippen molar-refractivity contribution >= 4 is 5.82 Å². The van der Waals surface area contributed by atoms with E-state index in [1.807, 2.05) is 0 Å². The number of nitrogens with one attached hydrogen (secondary N) is 2. The highest BCUT2D eigenvalue weighted by molar-refractivity contribution is 5.39. The molecule has 0 saturated carbocycles. The molecule has 0 fully saturated rings. The van der Waals surface area contributed by atoms with E-state index >= 15 is 0 Å². The fourth-order valence-corrected chi connectivity index (χ4v) is 2.27. The van der Waals surface area contributed by atoms with Gasteiger partial charge in [-0.3, -0.25) is 9.78 Å². The molecule has 3 rings (SSSR count). The molecule has 0 aliphatic rings. The number of aromatic nitrogens is 2. The molecule has 1 atom stereocenters. The van der Waals surface area contributed by atoms with Gasteiger partial charge < -0.3 is 5.32 Å². The van der Waals surface area contributed by atoms with Gasteiger partial charge in [-0.25, -0.2) is 18.1 Å². The van der Waals surface area contributed by atoms with Crippen LogP contribution in [0.2, 0.25) is 0 Å². The van der Waals surface area contributed by atoms with Crippen LogP contribution in [0.15, 0.2) is 64.1 Å². The molecule has 2 N–H and O–H groups in total. The van der Waals surface area contributed by atoms with Crippen molar-refractivity contribution in [2.75, 3.05) is 5.32 Å². The van der Waals surface area contributed by atoms with Crippen LogP contribution in [0.5, 0.6) is 0 Å². The smallest absolute Gasteiger partial charge is 0.334 e. The predicted octanol–water partition coefficient (Wildman–Crippen LogP) is 2.98. The summed E-state index contributed by atoms with van der Waals surface area (Å²) in [5.74, 6) is -2.03. The quantitative estimate of drug-likeness (QED) is 0.762. The summed E-state index contributed by atoms with van der Waals surface area (Å²) in [7, 11) is 0. The van der Waals surface area contributed by atoms with Crippen molar-refractivity contribution in [3.05, 3.63) is 92.5 Å². The van der Waals surface area contributed by atoms with Crippen molar-refractivity contribution in [1.82, 2.24) is 9.55 Å². The van der Waals surface area contributed by atoms with E-state index in [-0.39, 0.29) is 17.1 Å². The first kappa shape index (κ1) is 11.4. The van der Waals surface area contributed by atoms with Crippen molar-refractivity contribution in [3.8, 4) is 5.69 Å². The van der Waals surface area contributed by atoms with E-state index in [2.05, 4.69) is 10.3 Å². The van der Waals surface area contributed by atoms with Gasteiger partial charge in [0.05, 0.1) is 12.5 Å². The van der Waals surface area contributed by atoms with Crippen molar-refractivity contribution in [3.63, 3.8) is 0 Å². The molecule has 5 nitrogen and oxygen atoms in total. The largest absolute Gasteiger partial charge is 0.365 e. The SMILES string of the molecule is [2H]c1c([2H])c([2H])c([C@H](C)Nc2cc(=O)n(-c3cc(F)cc(F)c3)c(=O)[nH]2)c([2H])c1[2H]. The Balaban J connectivity index is 2.02. The molecule has 0 aliphatic heterocycles. The lowest BCUT2D eigenvalue weighted by atomic mass is 10.1. The predicted molar refractivity (Wildman–Crippen MR) is 91.1 cm³/mol. The van der Waals surface area contributed by atoms with Crippen LogP contribution < -0.4 is 16.6 Å². The molecule has 7 heteroatoms. The zero-order valence-electron chi connectivity index (χ0n) is 17.9. The number of hydrogen-bond donors (Lipinski definition) is 2. The fourth-order valence-electron chi connectivity index (χ4n) is 2.27. The summed E-state index contributed by atoms with van der Waals surface area (Å²) in [6.45, 7) is 1.49. The first-order chi connectivity index (χ1) is 14.0. The van der Waals surface area contributed by atoms with Gasteiger partial charge >= 0.3 is 5.69 Å². The maximum Gasteiger partial charge on any atom is 0.334 e. The third-order valence-electron chi connectivity index (χ3n) is 3.36. The van der Waals surface area contributed by atoms with Gasteiger partial charge in [0, 0.05) is 18.2 Å². The Hall–Kier alpha value is -3.22. The molecular formula is C18H15F2N3O2. The molecule has 0 saturated heterocycles. The summed E-state index contributed by atoms with van der Waals surface area (Å²) in [6, 6.07) is -0.108. The van der Waals surface area contributed by atoms with Crippen LogP contribution >= 0.6 is 0 Å². The monoisotopic (exact) mass is 348 g/mol. The highest BCUT2D eigenvalue weighted by Crippen LogP contribution is 2.16. The minimum absolute atomic E-state index is 0.0572. The van der Waals surface area contributed by atoms with E-state index in [1.165, 1.54) is 6.92 Å². The lowest BCUT2D eigenvalue weighted by molar-refractivity contribution is 0.580. The van der Waals surface area contributed by atoms with Gasteiger partial charge in [-0.2, -0.15) is 0 Å². The summed E-state index contributed by atoms with van der Waals surface area (Å²) in [5, 5.41) is 2.71. The highest BCUT2D eigenvalue weighted by Gasteiger charge is 2.11. The van der Waals surface area contributed by atoms with Crippen LogP contribution in [0, 0.1) is 11.6 Å². The molecule has 3 aromatic rings. The van der Waals surface area contributed by atoms with Gasteiger partial charge in [0.15, 0.2) is 0 Å². The van der Waals surface area contributed by atoms with Gasteiger partial charge in [-0.1, -0.05) is 30.2 Å². The number of hydrogen-bond acceptors (Lipinski definition) is 3. The number of anilines is 1. The maximum absolute atomic E-state index is 13.4. The van der Waals surface area contributed by atoms with Crippen molar-refractivity contribution in [2.45, 2.75) is 13.0 Å². The van der Waals surface area contributed by atoms with Gasteiger partial charge in [0.25, 0.3) is 5.56 Å². The van der Waals surface area contributed by atoms with Gasteiger partial charge in [-0.05, 0) is 24.6 Å². The Labute approximate surface area is 148 Å². The molecule has 2 aromatic carbocycles. The molecule has 0 aliphatic carbocycles. The van der Waals surface area contributed by atoms with Crippen molar-refractivity contribution in [2.24, 2.45) is 0 Å². The molecule has 0 spiro atoms. The van der Waals surface area contributed by atoms with Gasteiger partial charge in [-0.15, -0.1) is 0 Å². The molecule has 1 aromatic heterocycles. The van der Waals surface area contributed by atoms with E-state index in [0.29, 0.717) is 10.6 Å². The molecule has 0 unspecified atom stereocenters. The van der Waals surface area contributed by atoms with Crippen LogP contribution in [-0.4, -0.2) is 9.55 Å². The first-order valence-electron chi connectivity index (χ1n) is 9.67. The minimum atomic E-state index is -0.983. The number of rotatable bonds is 4. The molecule has 128 valence electrons. The summed E-state index contributed by atoms with van der Waals surface area (Å²) in [4.78, 5) is 27.1. The van der Waals surface area contributed by atoms with Crippen LogP contribution in [0.1, 0.15) is 25.4 Å². The standard InChI is InChI=1S/C18H15F2N3O2/c1-11(12-5-3-2-4-6-12)21-16-10-17(24)23(18(25)22-16)15-8-13(19)7-14(20)9-15/h2-11,21H,1H3,(H,22,25)/t11-/m0/s1/i2D,3D,4D,5D,6D. The van der Waals surface area contributed by atoms with Gasteiger partial charge in [0.1, 0.15) is 17.5 Å². The van der Waals surface area contributed by atoms with E-state index < -0.39 is 59.1 Å². The van der Waals surface area contributed by atoms with Crippen LogP contribution in [-0.2, 0) is 0 Å². The Morgan fingerprint density at radius 3 is 2.32 bits per heavy atom. The highest BCUT2D eigenvalue weighted by atomic mass is 19.1. The number of benzene rings is 2. The summed E-state index contributed by atoms with van der Waals surface area (Å²) >= 11 is 0. The fraction of sp³-hybridized carbons (Fsp3) is 0.111. The lowest BCUT2D eigenvalue weighted by Gasteiger charge is -2.15. The van der Waals surface area contributed by atoms with Crippen molar-refractivity contribution in [1.29, 1.82) is 0 Å². The van der Waals surface area contributed by atoms with Crippen LogP contribution in [0.3, 0.4) is 0 Å². The van der Waals surface area contributed by atoms with Gasteiger partial charge in [0.2, 0.25) is 0 Å². The van der Waals surface area contributed by atoms with E-state index in [9.17, 15) is 18.4 Å². The zero-order valence-corrected chi connectivity index (χ0v) is 12.9. The second-order valence-corrected chi connectivity index (χ2v) is 5.19. The maximum atomic E-state index is 13.4. The van der Waals surface area contributed by atoms with E-state index in [0.717, 1.165) is 18.2 Å². The van der Waals surface area contributed by atoms with E-state index in [4.69, 9.17) is 6.85 Å². The topological polar surface area (TPSA) is 66.9 Å². The van der Waals surface area contributed by atoms with Crippen LogP contribution in [0.25, 0.3) is 5.69 Å². The number of aromatic amines is 1. The zero-order chi connectivity index (χ0) is 22.3. The molecular weight excluding hydrogens is 328 g/mol. The molecule has 25 heavy (non-hydrogen) atoms. The summed E-state index contributed by atoms with van der Waals surface area (Å²) < 4.78 is 66.4. The normalized spacial score (nSPS) is 14.8. The summed E-state index contributed by atoms with van der Waals surface area (Å²) in [5.41, 5.74) is -2.23. The van der Waals surface area contributed by atoms with Crippen molar-refractivity contribution < 1.29 is 15.6 Å². The third kappa shape index (κ3) is 3.65.